The van der Waals surface area contributed by atoms with Gasteiger partial charge in [0.05, 0.1) is 11.1 Å². The summed E-state index contributed by atoms with van der Waals surface area (Å²) >= 11 is 0. The topological polar surface area (TPSA) is 101 Å². The second-order valence-corrected chi connectivity index (χ2v) is 6.68. The van der Waals surface area contributed by atoms with Gasteiger partial charge in [-0.1, -0.05) is 0 Å². The Hall–Kier alpha value is -3.33. The molecule has 0 radical (unpaired) electrons. The summed E-state index contributed by atoms with van der Waals surface area (Å²) in [5.74, 6) is -2.58. The number of pyridine rings is 2. The summed E-state index contributed by atoms with van der Waals surface area (Å²) in [6.45, 7) is 1.27. The lowest BCUT2D eigenvalue weighted by Crippen LogP contribution is -2.27. The molecule has 3 heterocycles. The van der Waals surface area contributed by atoms with Gasteiger partial charge < -0.3 is 15.7 Å². The predicted octanol–water partition coefficient (Wildman–Crippen LogP) is 1.90. The lowest BCUT2D eigenvalue weighted by molar-refractivity contribution is 0.0695. The molecule has 3 N–H and O–H groups in total. The van der Waals surface area contributed by atoms with Gasteiger partial charge in [-0.3, -0.25) is 9.36 Å². The van der Waals surface area contributed by atoms with Crippen LogP contribution in [0.1, 0.15) is 16.8 Å². The third-order valence-corrected chi connectivity index (χ3v) is 4.78. The number of aromatic nitrogens is 2. The second-order valence-electron chi connectivity index (χ2n) is 6.68. The summed E-state index contributed by atoms with van der Waals surface area (Å²) in [5, 5.41) is 9.38. The molecule has 0 aliphatic carbocycles. The number of nitrogens with two attached hydrogens (primary N) is 1. The maximum atomic E-state index is 14.4. The SMILES string of the molecule is NC1CCN(c2ccc3c(=O)c(C(=O)O)cn(-c4ccc(F)cc4F)c3n2)C1. The van der Waals surface area contributed by atoms with Gasteiger partial charge in [0, 0.05) is 31.4 Å². The van der Waals surface area contributed by atoms with Gasteiger partial charge in [-0.05, 0) is 30.7 Å². The number of hydrogen-bond donors (Lipinski definition) is 2. The molecule has 1 atom stereocenters. The number of hydrogen-bond acceptors (Lipinski definition) is 5. The Kier molecular flexibility index (Phi) is 4.31. The highest BCUT2D eigenvalue weighted by atomic mass is 19.1. The number of carboxylic acids is 1. The van der Waals surface area contributed by atoms with Crippen molar-refractivity contribution in [3.05, 3.63) is 63.9 Å². The van der Waals surface area contributed by atoms with Crippen molar-refractivity contribution in [1.82, 2.24) is 9.55 Å². The number of benzene rings is 1. The van der Waals surface area contributed by atoms with Crippen LogP contribution in [0.4, 0.5) is 14.6 Å². The number of carboxylic acid groups (broad SMARTS) is 1. The lowest BCUT2D eigenvalue weighted by atomic mass is 10.1. The average molecular weight is 386 g/mol. The largest absolute Gasteiger partial charge is 0.477 e. The Morgan fingerprint density at radius 1 is 1.25 bits per heavy atom. The van der Waals surface area contributed by atoms with E-state index in [9.17, 15) is 23.5 Å². The highest BCUT2D eigenvalue weighted by Crippen LogP contribution is 2.24. The first-order chi connectivity index (χ1) is 13.3. The average Bonchev–Trinajstić information content (AvgIpc) is 3.08. The molecule has 2 aromatic heterocycles. The Bertz CT molecular complexity index is 1160. The zero-order valence-corrected chi connectivity index (χ0v) is 14.6. The molecule has 4 rings (SSSR count). The third kappa shape index (κ3) is 2.99. The molecule has 7 nitrogen and oxygen atoms in total. The normalized spacial score (nSPS) is 16.7. The number of halogens is 2. The summed E-state index contributed by atoms with van der Waals surface area (Å²) < 4.78 is 28.9. The maximum absolute atomic E-state index is 14.4. The van der Waals surface area contributed by atoms with E-state index in [1.54, 1.807) is 6.07 Å². The Morgan fingerprint density at radius 3 is 2.68 bits per heavy atom. The molecule has 144 valence electrons. The Labute approximate surface area is 157 Å². The highest BCUT2D eigenvalue weighted by Gasteiger charge is 2.23. The molecule has 28 heavy (non-hydrogen) atoms. The molecule has 1 aliphatic rings. The van der Waals surface area contributed by atoms with Gasteiger partial charge in [0.15, 0.2) is 5.65 Å². The van der Waals surface area contributed by atoms with Gasteiger partial charge in [0.2, 0.25) is 5.43 Å². The zero-order chi connectivity index (χ0) is 20.0. The van der Waals surface area contributed by atoms with Crippen molar-refractivity contribution in [2.75, 3.05) is 18.0 Å². The molecule has 0 bridgehead atoms. The van der Waals surface area contributed by atoms with E-state index in [4.69, 9.17) is 5.73 Å². The minimum Gasteiger partial charge on any atom is -0.477 e. The fourth-order valence-electron chi connectivity index (χ4n) is 3.38. The van der Waals surface area contributed by atoms with E-state index >= 15 is 0 Å². The number of carbonyl (C=O) groups is 1. The molecule has 1 fully saturated rings. The van der Waals surface area contributed by atoms with Crippen molar-refractivity contribution < 1.29 is 18.7 Å². The number of rotatable bonds is 3. The summed E-state index contributed by atoms with van der Waals surface area (Å²) in [6, 6.07) is 5.98. The molecule has 0 saturated carbocycles. The molecular weight excluding hydrogens is 370 g/mol. The van der Waals surface area contributed by atoms with Crippen LogP contribution in [0.3, 0.4) is 0 Å². The third-order valence-electron chi connectivity index (χ3n) is 4.78. The fraction of sp³-hybridized carbons (Fsp3) is 0.211. The molecular formula is C19H16F2N4O3. The highest BCUT2D eigenvalue weighted by molar-refractivity contribution is 5.92. The summed E-state index contributed by atoms with van der Waals surface area (Å²) in [4.78, 5) is 30.5. The van der Waals surface area contributed by atoms with E-state index in [1.165, 1.54) is 12.1 Å². The summed E-state index contributed by atoms with van der Waals surface area (Å²) in [7, 11) is 0. The fourth-order valence-corrected chi connectivity index (χ4v) is 3.38. The monoisotopic (exact) mass is 386 g/mol. The quantitative estimate of drug-likeness (QED) is 0.713. The molecule has 3 aromatic rings. The van der Waals surface area contributed by atoms with Crippen molar-refractivity contribution >= 4 is 22.8 Å². The van der Waals surface area contributed by atoms with Crippen LogP contribution in [0.25, 0.3) is 16.7 Å². The predicted molar refractivity (Wildman–Crippen MR) is 99.0 cm³/mol. The molecule has 1 aliphatic heterocycles. The minimum absolute atomic E-state index is 0.00335. The Balaban J connectivity index is 2.00. The van der Waals surface area contributed by atoms with Crippen LogP contribution in [0.2, 0.25) is 0 Å². The van der Waals surface area contributed by atoms with Crippen LogP contribution in [-0.4, -0.2) is 39.8 Å². The van der Waals surface area contributed by atoms with E-state index in [-0.39, 0.29) is 22.8 Å². The summed E-state index contributed by atoms with van der Waals surface area (Å²) in [6.07, 6.45) is 1.80. The molecule has 1 unspecified atom stereocenters. The lowest BCUT2D eigenvalue weighted by Gasteiger charge is -2.19. The first-order valence-electron chi connectivity index (χ1n) is 8.61. The van der Waals surface area contributed by atoms with E-state index in [1.807, 2.05) is 4.90 Å². The molecule has 0 amide bonds. The molecule has 1 saturated heterocycles. The van der Waals surface area contributed by atoms with E-state index in [2.05, 4.69) is 4.98 Å². The van der Waals surface area contributed by atoms with Crippen LogP contribution in [0, 0.1) is 11.6 Å². The van der Waals surface area contributed by atoms with Gasteiger partial charge in [0.1, 0.15) is 23.0 Å². The van der Waals surface area contributed by atoms with Gasteiger partial charge in [-0.15, -0.1) is 0 Å². The molecule has 0 spiro atoms. The van der Waals surface area contributed by atoms with Crippen molar-refractivity contribution in [3.8, 4) is 5.69 Å². The molecule has 1 aromatic carbocycles. The zero-order valence-electron chi connectivity index (χ0n) is 14.6. The number of nitrogens with zero attached hydrogens (tertiary/aromatic N) is 3. The van der Waals surface area contributed by atoms with Crippen LogP contribution >= 0.6 is 0 Å². The van der Waals surface area contributed by atoms with Gasteiger partial charge in [-0.2, -0.15) is 0 Å². The van der Waals surface area contributed by atoms with Crippen LogP contribution in [-0.2, 0) is 0 Å². The van der Waals surface area contributed by atoms with Gasteiger partial charge in [-0.25, -0.2) is 18.6 Å². The van der Waals surface area contributed by atoms with Crippen molar-refractivity contribution in [1.29, 1.82) is 0 Å². The van der Waals surface area contributed by atoms with Crippen molar-refractivity contribution in [2.24, 2.45) is 5.73 Å². The number of anilines is 1. The number of fused-ring (bicyclic) bond motifs is 1. The van der Waals surface area contributed by atoms with Gasteiger partial charge >= 0.3 is 5.97 Å². The number of aromatic carboxylic acids is 1. The van der Waals surface area contributed by atoms with Gasteiger partial charge in [0.25, 0.3) is 0 Å². The van der Waals surface area contributed by atoms with Crippen molar-refractivity contribution in [3.63, 3.8) is 0 Å². The van der Waals surface area contributed by atoms with Crippen LogP contribution in [0.5, 0.6) is 0 Å². The molecule has 9 heteroatoms. The van der Waals surface area contributed by atoms with E-state index in [0.29, 0.717) is 25.0 Å². The Morgan fingerprint density at radius 2 is 2.04 bits per heavy atom. The van der Waals surface area contributed by atoms with Crippen LogP contribution in [0.15, 0.2) is 41.3 Å². The maximum Gasteiger partial charge on any atom is 0.341 e. The standard InChI is InChI=1S/C19H16F2N4O3/c20-10-1-3-15(14(21)7-10)25-9-13(19(27)28)17(26)12-2-4-16(23-18(12)25)24-6-5-11(22)8-24/h1-4,7,9,11H,5-6,8,22H2,(H,27,28). The first-order valence-corrected chi connectivity index (χ1v) is 8.61. The smallest absolute Gasteiger partial charge is 0.341 e. The summed E-state index contributed by atoms with van der Waals surface area (Å²) in [5.41, 5.74) is 4.64. The first kappa shape index (κ1) is 18.1. The second kappa shape index (κ2) is 6.68. The van der Waals surface area contributed by atoms with E-state index < -0.39 is 28.6 Å². The van der Waals surface area contributed by atoms with Crippen LogP contribution < -0.4 is 16.1 Å². The minimum atomic E-state index is -1.45. The van der Waals surface area contributed by atoms with E-state index in [0.717, 1.165) is 23.3 Å². The van der Waals surface area contributed by atoms with Crippen molar-refractivity contribution in [2.45, 2.75) is 12.5 Å².